The van der Waals surface area contributed by atoms with Gasteiger partial charge in [-0.15, -0.1) is 0 Å². The minimum Gasteiger partial charge on any atom is -0.379 e. The average Bonchev–Trinajstić information content (AvgIpc) is 3.79. The van der Waals surface area contributed by atoms with Crippen molar-refractivity contribution in [3.63, 3.8) is 0 Å². The van der Waals surface area contributed by atoms with Gasteiger partial charge in [0.1, 0.15) is 0 Å². The maximum absolute atomic E-state index is 10.4. The Morgan fingerprint density at radius 2 is 1.67 bits per heavy atom. The zero-order chi connectivity index (χ0) is 33.7. The molecule has 45 heavy (non-hydrogen) atoms. The lowest BCUT2D eigenvalue weighted by Gasteiger charge is -2.10. The minimum absolute atomic E-state index is 0.395. The molecule has 0 aromatic heterocycles. The van der Waals surface area contributed by atoms with Crippen LogP contribution in [0.5, 0.6) is 0 Å². The highest BCUT2D eigenvalue weighted by Crippen LogP contribution is 2.51. The second kappa shape index (κ2) is 21.3. The van der Waals surface area contributed by atoms with Crippen LogP contribution in [0.15, 0.2) is 127 Å². The lowest BCUT2D eigenvalue weighted by molar-refractivity contribution is -0.105. The fraction of sp³-hybridized carbons (Fsp3) is 0.310. The van der Waals surface area contributed by atoms with E-state index in [9.17, 15) is 4.79 Å². The zero-order valence-electron chi connectivity index (χ0n) is 28.7. The summed E-state index contributed by atoms with van der Waals surface area (Å²) in [6.45, 7) is 25.3. The van der Waals surface area contributed by atoms with Crippen molar-refractivity contribution in [3.05, 3.63) is 144 Å². The first kappa shape index (κ1) is 38.6. The predicted molar refractivity (Wildman–Crippen MR) is 198 cm³/mol. The molecule has 3 rings (SSSR count). The molecule has 0 heterocycles. The summed E-state index contributed by atoms with van der Waals surface area (Å²) in [5.41, 5.74) is 9.29. The molecule has 1 saturated carbocycles. The average molecular weight is 603 g/mol. The molecule has 2 aromatic rings. The summed E-state index contributed by atoms with van der Waals surface area (Å²) in [6.07, 6.45) is 15.9. The molecule has 238 valence electrons. The highest BCUT2D eigenvalue weighted by atomic mass is 16.1. The number of rotatable bonds is 12. The Balaban J connectivity index is 0.000000337. The third-order valence-electron chi connectivity index (χ3n) is 7.40. The second-order valence-electron chi connectivity index (χ2n) is 11.6. The molecule has 2 aromatic carbocycles. The van der Waals surface area contributed by atoms with E-state index in [1.54, 1.807) is 6.08 Å². The van der Waals surface area contributed by atoms with Crippen LogP contribution in [0.4, 0.5) is 0 Å². The quantitative estimate of drug-likeness (QED) is 0.110. The Hall–Kier alpha value is -4.39. The highest BCUT2D eigenvalue weighted by molar-refractivity contribution is 5.71. The number of carbonyl (C=O) groups is 1. The molecular formula is C42H54N2O. The number of nitrogens with one attached hydrogen (secondary N) is 2. The van der Waals surface area contributed by atoms with Crippen molar-refractivity contribution in [2.24, 2.45) is 11.3 Å². The third-order valence-corrected chi connectivity index (χ3v) is 7.40. The molecular weight excluding hydrogens is 548 g/mol. The number of hydrogen-bond acceptors (Lipinski definition) is 3. The number of allylic oxidation sites excluding steroid dienone is 10. The van der Waals surface area contributed by atoms with Gasteiger partial charge in [-0.1, -0.05) is 149 Å². The van der Waals surface area contributed by atoms with Gasteiger partial charge in [0.25, 0.3) is 0 Å². The summed E-state index contributed by atoms with van der Waals surface area (Å²) >= 11 is 0. The van der Waals surface area contributed by atoms with E-state index in [2.05, 4.69) is 131 Å². The Morgan fingerprint density at radius 3 is 2.20 bits per heavy atom. The number of aldehydes is 1. The monoisotopic (exact) mass is 602 g/mol. The molecule has 0 aliphatic heterocycles. The van der Waals surface area contributed by atoms with Crippen LogP contribution in [0.1, 0.15) is 71.1 Å². The van der Waals surface area contributed by atoms with E-state index in [4.69, 9.17) is 0 Å². The highest BCUT2D eigenvalue weighted by Gasteiger charge is 2.39. The molecule has 0 unspecified atom stereocenters. The van der Waals surface area contributed by atoms with Crippen molar-refractivity contribution >= 4 is 17.9 Å². The molecule has 1 aliphatic carbocycles. The van der Waals surface area contributed by atoms with E-state index in [0.717, 1.165) is 28.8 Å². The number of carbonyl (C=O) groups excluding carboxylic acids is 1. The maximum atomic E-state index is 10.4. The third kappa shape index (κ3) is 15.3. The molecule has 0 amide bonds. The summed E-state index contributed by atoms with van der Waals surface area (Å²) < 4.78 is 0. The first-order chi connectivity index (χ1) is 21.5. The van der Waals surface area contributed by atoms with Crippen molar-refractivity contribution < 1.29 is 4.79 Å². The van der Waals surface area contributed by atoms with Gasteiger partial charge in [-0.25, -0.2) is 0 Å². The largest absolute Gasteiger partial charge is 0.379 e. The first-order valence-corrected chi connectivity index (χ1v) is 15.7. The van der Waals surface area contributed by atoms with Crippen LogP contribution in [-0.2, 0) is 11.3 Å². The van der Waals surface area contributed by atoms with Crippen LogP contribution < -0.4 is 10.6 Å². The lowest BCUT2D eigenvalue weighted by Crippen LogP contribution is -2.13. The van der Waals surface area contributed by atoms with E-state index in [0.29, 0.717) is 29.9 Å². The van der Waals surface area contributed by atoms with E-state index >= 15 is 0 Å². The fourth-order valence-electron chi connectivity index (χ4n) is 4.47. The van der Waals surface area contributed by atoms with Gasteiger partial charge in [0.2, 0.25) is 0 Å². The molecule has 1 aliphatic rings. The molecule has 0 spiro atoms. The Morgan fingerprint density at radius 1 is 1.02 bits per heavy atom. The topological polar surface area (TPSA) is 41.1 Å². The van der Waals surface area contributed by atoms with Crippen LogP contribution in [-0.4, -0.2) is 19.9 Å². The van der Waals surface area contributed by atoms with E-state index in [-0.39, 0.29) is 0 Å². The first-order valence-electron chi connectivity index (χ1n) is 15.7. The molecule has 2 N–H and O–H groups in total. The maximum Gasteiger partial charge on any atom is 0.165 e. The summed E-state index contributed by atoms with van der Waals surface area (Å²) in [4.78, 5) is 10.4. The standard InChI is InChI=1S/C15H18.C14H21N.C13H15NO/c1-3-14(15(2)11-12-15)10-9-13-7-5-4-6-8-13;1-6-7-10-14(12(2)3)13(4)9-8-11-15-5;1-10(2)13-7-5-4-6-12(13)8-14-11(3)9-15/h3-10H,11-12H2,1-2H3;6-7,10,12,15H,1,11H2,2-5H3;4-7,9,14H,1,3,8H2,2H3/b10-9-,14-3+;10-7-,14-13-;. The second-order valence-corrected chi connectivity index (χ2v) is 11.6. The van der Waals surface area contributed by atoms with Crippen molar-refractivity contribution in [3.8, 4) is 11.8 Å². The van der Waals surface area contributed by atoms with Gasteiger partial charge in [-0.3, -0.25) is 4.79 Å². The van der Waals surface area contributed by atoms with Gasteiger partial charge in [-0.05, 0) is 79.8 Å². The Labute approximate surface area is 274 Å². The minimum atomic E-state index is 0.395. The Bertz CT molecular complexity index is 1430. The molecule has 3 nitrogen and oxygen atoms in total. The lowest BCUT2D eigenvalue weighted by atomic mass is 9.97. The summed E-state index contributed by atoms with van der Waals surface area (Å²) in [5.74, 6) is 6.71. The molecule has 1 fully saturated rings. The molecule has 3 heteroatoms. The SMILES string of the molecule is C/C=C(\C=C/c1ccccc1)C1(C)CC1.C=C(C=O)NCc1ccccc1C(=C)C.C=C/C=C\C(=C(/C)C#CCNC)C(C)C. The van der Waals surface area contributed by atoms with Crippen LogP contribution in [0.25, 0.3) is 11.6 Å². The molecule has 0 bridgehead atoms. The van der Waals surface area contributed by atoms with Gasteiger partial charge in [-0.2, -0.15) is 0 Å². The van der Waals surface area contributed by atoms with Crippen LogP contribution >= 0.6 is 0 Å². The predicted octanol–water partition coefficient (Wildman–Crippen LogP) is 9.89. The molecule has 0 saturated heterocycles. The number of benzene rings is 2. The smallest absolute Gasteiger partial charge is 0.165 e. The van der Waals surface area contributed by atoms with E-state index < -0.39 is 0 Å². The van der Waals surface area contributed by atoms with Crippen molar-refractivity contribution in [1.82, 2.24) is 10.6 Å². The van der Waals surface area contributed by atoms with Gasteiger partial charge < -0.3 is 10.6 Å². The van der Waals surface area contributed by atoms with Gasteiger partial charge in [0.05, 0.1) is 12.2 Å². The van der Waals surface area contributed by atoms with Crippen molar-refractivity contribution in [2.75, 3.05) is 13.6 Å². The Kier molecular flexibility index (Phi) is 18.3. The zero-order valence-corrected chi connectivity index (χ0v) is 28.7. The number of hydrogen-bond donors (Lipinski definition) is 2. The molecule has 0 atom stereocenters. The van der Waals surface area contributed by atoms with Gasteiger partial charge in [0, 0.05) is 12.1 Å². The van der Waals surface area contributed by atoms with Crippen LogP contribution in [0.3, 0.4) is 0 Å². The van der Waals surface area contributed by atoms with Crippen LogP contribution in [0.2, 0.25) is 0 Å². The molecule has 0 radical (unpaired) electrons. The van der Waals surface area contributed by atoms with Crippen LogP contribution in [0, 0.1) is 23.2 Å². The van der Waals surface area contributed by atoms with E-state index in [1.807, 2.05) is 44.3 Å². The fourth-order valence-corrected chi connectivity index (χ4v) is 4.47. The van der Waals surface area contributed by atoms with E-state index in [1.165, 1.54) is 29.6 Å². The van der Waals surface area contributed by atoms with Gasteiger partial charge >= 0.3 is 0 Å². The van der Waals surface area contributed by atoms with Crippen molar-refractivity contribution in [2.45, 2.75) is 60.9 Å². The summed E-state index contributed by atoms with van der Waals surface area (Å²) in [7, 11) is 1.90. The summed E-state index contributed by atoms with van der Waals surface area (Å²) in [5, 5.41) is 5.94. The van der Waals surface area contributed by atoms with Crippen molar-refractivity contribution in [1.29, 1.82) is 0 Å². The summed E-state index contributed by atoms with van der Waals surface area (Å²) in [6, 6.07) is 18.4. The van der Waals surface area contributed by atoms with Gasteiger partial charge in [0.15, 0.2) is 6.29 Å². The normalized spacial score (nSPS) is 13.7.